The van der Waals surface area contributed by atoms with Gasteiger partial charge >= 0.3 is 0 Å². The van der Waals surface area contributed by atoms with E-state index in [1.807, 2.05) is 36.4 Å². The maximum absolute atomic E-state index is 12.5. The highest BCUT2D eigenvalue weighted by Crippen LogP contribution is 2.23. The summed E-state index contributed by atoms with van der Waals surface area (Å²) in [6.07, 6.45) is 1.59. The van der Waals surface area contributed by atoms with Gasteiger partial charge in [0.15, 0.2) is 0 Å². The van der Waals surface area contributed by atoms with Gasteiger partial charge in [-0.25, -0.2) is 4.68 Å². The molecule has 4 aromatic rings. The summed E-state index contributed by atoms with van der Waals surface area (Å²) in [6, 6.07) is 14.9. The van der Waals surface area contributed by atoms with E-state index in [0.29, 0.717) is 10.4 Å². The van der Waals surface area contributed by atoms with Crippen LogP contribution < -0.4 is 5.56 Å². The first-order valence-corrected chi connectivity index (χ1v) is 6.86. The fraction of sp³-hybridized carbons (Fsp3) is 0. The Morgan fingerprint density at radius 3 is 2.67 bits per heavy atom. The van der Waals surface area contributed by atoms with Crippen molar-refractivity contribution >= 4 is 33.4 Å². The number of halogens is 1. The lowest BCUT2D eigenvalue weighted by Gasteiger charge is -2.00. The highest BCUT2D eigenvalue weighted by atomic mass is 35.5. The molecule has 4 nitrogen and oxygen atoms in total. The Morgan fingerprint density at radius 2 is 1.86 bits per heavy atom. The van der Waals surface area contributed by atoms with Crippen molar-refractivity contribution in [3.8, 4) is 5.69 Å². The molecule has 0 atom stereocenters. The van der Waals surface area contributed by atoms with E-state index in [9.17, 15) is 4.79 Å². The predicted molar refractivity (Wildman–Crippen MR) is 84.2 cm³/mol. The largest absolute Gasteiger partial charge is 0.290 e. The molecule has 0 bridgehead atoms. The molecule has 2 aromatic carbocycles. The topological polar surface area (TPSA) is 50.7 Å². The minimum Gasteiger partial charge on any atom is -0.290 e. The van der Waals surface area contributed by atoms with Crippen molar-refractivity contribution in [1.82, 2.24) is 14.8 Å². The predicted octanol–water partition coefficient (Wildman–Crippen LogP) is 3.52. The molecular weight excluding hydrogens is 286 g/mol. The summed E-state index contributed by atoms with van der Waals surface area (Å²) in [6.45, 7) is 0. The van der Waals surface area contributed by atoms with Gasteiger partial charge in [-0.05, 0) is 30.3 Å². The average molecular weight is 296 g/mol. The van der Waals surface area contributed by atoms with E-state index >= 15 is 0 Å². The molecule has 0 aliphatic carbocycles. The van der Waals surface area contributed by atoms with Gasteiger partial charge in [0.05, 0.1) is 22.1 Å². The molecule has 102 valence electrons. The van der Waals surface area contributed by atoms with Gasteiger partial charge in [0, 0.05) is 16.6 Å². The van der Waals surface area contributed by atoms with Crippen LogP contribution in [0.4, 0.5) is 0 Å². The van der Waals surface area contributed by atoms with Crippen molar-refractivity contribution in [3.63, 3.8) is 0 Å². The molecule has 0 aliphatic heterocycles. The Balaban J connectivity index is 2.11. The highest BCUT2D eigenvalue weighted by molar-refractivity contribution is 6.31. The van der Waals surface area contributed by atoms with Crippen molar-refractivity contribution in [2.45, 2.75) is 0 Å². The van der Waals surface area contributed by atoms with Gasteiger partial charge in [-0.1, -0.05) is 29.8 Å². The second kappa shape index (κ2) is 4.46. The summed E-state index contributed by atoms with van der Waals surface area (Å²) >= 11 is 5.99. The lowest BCUT2D eigenvalue weighted by molar-refractivity contribution is 0.864. The van der Waals surface area contributed by atoms with Gasteiger partial charge in [-0.2, -0.15) is 0 Å². The zero-order chi connectivity index (χ0) is 14.4. The fourth-order valence-corrected chi connectivity index (χ4v) is 2.66. The summed E-state index contributed by atoms with van der Waals surface area (Å²) in [5.41, 5.74) is 2.21. The Kier molecular flexibility index (Phi) is 2.59. The summed E-state index contributed by atoms with van der Waals surface area (Å²) in [5, 5.41) is 5.23. The second-order valence-corrected chi connectivity index (χ2v) is 5.23. The number of benzene rings is 2. The number of H-pyrrole nitrogens is 1. The summed E-state index contributed by atoms with van der Waals surface area (Å²) in [5.74, 6) is 0. The first kappa shape index (κ1) is 12.2. The Bertz CT molecular complexity index is 1020. The lowest BCUT2D eigenvalue weighted by atomic mass is 10.2. The molecule has 0 aliphatic rings. The number of rotatable bonds is 1. The highest BCUT2D eigenvalue weighted by Gasteiger charge is 2.11. The molecule has 0 amide bonds. The van der Waals surface area contributed by atoms with Gasteiger partial charge in [-0.3, -0.25) is 14.9 Å². The van der Waals surface area contributed by atoms with Crippen LogP contribution in [0.1, 0.15) is 0 Å². The van der Waals surface area contributed by atoms with Crippen molar-refractivity contribution in [1.29, 1.82) is 0 Å². The molecule has 1 N–H and O–H groups in total. The molecule has 2 heterocycles. The van der Waals surface area contributed by atoms with Gasteiger partial charge in [0.25, 0.3) is 5.56 Å². The standard InChI is InChI=1S/C16H10ClN3O/c17-10-6-7-12-14(8-10)18-9-13-15(12)19-20(16(13)21)11-4-2-1-3-5-11/h1-9,19H. The van der Waals surface area contributed by atoms with Crippen molar-refractivity contribution < 1.29 is 0 Å². The number of aromatic amines is 1. The molecule has 5 heteroatoms. The van der Waals surface area contributed by atoms with Crippen LogP contribution in [0.15, 0.2) is 59.5 Å². The summed E-state index contributed by atoms with van der Waals surface area (Å²) < 4.78 is 1.53. The minimum absolute atomic E-state index is 0.111. The van der Waals surface area contributed by atoms with E-state index in [0.717, 1.165) is 22.1 Å². The Morgan fingerprint density at radius 1 is 1.05 bits per heavy atom. The molecule has 0 unspecified atom stereocenters. The molecule has 0 saturated heterocycles. The number of hydrogen-bond acceptors (Lipinski definition) is 2. The van der Waals surface area contributed by atoms with Crippen LogP contribution in [0.25, 0.3) is 27.5 Å². The van der Waals surface area contributed by atoms with Crippen LogP contribution in [-0.4, -0.2) is 14.8 Å². The molecule has 2 aromatic heterocycles. The van der Waals surface area contributed by atoms with E-state index in [-0.39, 0.29) is 5.56 Å². The van der Waals surface area contributed by atoms with Crippen LogP contribution >= 0.6 is 11.6 Å². The number of hydrogen-bond donors (Lipinski definition) is 1. The third kappa shape index (κ3) is 1.84. The first-order valence-electron chi connectivity index (χ1n) is 6.48. The number of para-hydroxylation sites is 1. The van der Waals surface area contributed by atoms with Gasteiger partial charge < -0.3 is 0 Å². The van der Waals surface area contributed by atoms with Gasteiger partial charge in [-0.15, -0.1) is 0 Å². The smallest absolute Gasteiger partial charge is 0.280 e. The molecule has 0 spiro atoms. The Labute approximate surface area is 124 Å². The minimum atomic E-state index is -0.111. The number of nitrogens with one attached hydrogen (secondary N) is 1. The SMILES string of the molecule is O=c1c2cnc3cc(Cl)ccc3c2[nH]n1-c1ccccc1. The van der Waals surface area contributed by atoms with Crippen LogP contribution in [0.3, 0.4) is 0 Å². The van der Waals surface area contributed by atoms with Crippen molar-refractivity contribution in [2.24, 2.45) is 0 Å². The lowest BCUT2D eigenvalue weighted by Crippen LogP contribution is -2.13. The van der Waals surface area contributed by atoms with Gasteiger partial charge in [0.2, 0.25) is 0 Å². The van der Waals surface area contributed by atoms with Crippen LogP contribution in [0.2, 0.25) is 5.02 Å². The fourth-order valence-electron chi connectivity index (χ4n) is 2.49. The monoisotopic (exact) mass is 295 g/mol. The third-order valence-electron chi connectivity index (χ3n) is 3.50. The summed E-state index contributed by atoms with van der Waals surface area (Å²) in [4.78, 5) is 16.8. The molecular formula is C16H10ClN3O. The van der Waals surface area contributed by atoms with E-state index < -0.39 is 0 Å². The number of nitrogens with zero attached hydrogens (tertiary/aromatic N) is 2. The molecule has 21 heavy (non-hydrogen) atoms. The molecule has 0 fully saturated rings. The Hall–Kier alpha value is -2.59. The van der Waals surface area contributed by atoms with E-state index in [1.54, 1.807) is 18.3 Å². The zero-order valence-corrected chi connectivity index (χ0v) is 11.6. The third-order valence-corrected chi connectivity index (χ3v) is 3.74. The number of pyridine rings is 1. The van der Waals surface area contributed by atoms with Crippen molar-refractivity contribution in [3.05, 3.63) is 70.1 Å². The van der Waals surface area contributed by atoms with Crippen LogP contribution in [0.5, 0.6) is 0 Å². The zero-order valence-electron chi connectivity index (χ0n) is 10.9. The number of fused-ring (bicyclic) bond motifs is 3. The van der Waals surface area contributed by atoms with Crippen LogP contribution in [0, 0.1) is 0 Å². The molecule has 0 radical (unpaired) electrons. The van der Waals surface area contributed by atoms with Crippen LogP contribution in [-0.2, 0) is 0 Å². The molecule has 4 rings (SSSR count). The number of aromatic nitrogens is 3. The van der Waals surface area contributed by atoms with Crippen molar-refractivity contribution in [2.75, 3.05) is 0 Å². The quantitative estimate of drug-likeness (QED) is 0.584. The van der Waals surface area contributed by atoms with Gasteiger partial charge in [0.1, 0.15) is 0 Å². The van der Waals surface area contributed by atoms with E-state index in [1.165, 1.54) is 4.68 Å². The maximum atomic E-state index is 12.5. The second-order valence-electron chi connectivity index (χ2n) is 4.80. The van der Waals surface area contributed by atoms with E-state index in [2.05, 4.69) is 10.1 Å². The summed E-state index contributed by atoms with van der Waals surface area (Å²) in [7, 11) is 0. The molecule has 0 saturated carbocycles. The average Bonchev–Trinajstić information content (AvgIpc) is 2.85. The van der Waals surface area contributed by atoms with E-state index in [4.69, 9.17) is 11.6 Å². The maximum Gasteiger partial charge on any atom is 0.280 e. The normalized spacial score (nSPS) is 11.3. The first-order chi connectivity index (χ1) is 10.2.